The molecule has 0 fully saturated rings. The summed E-state index contributed by atoms with van der Waals surface area (Å²) in [7, 11) is 0. The summed E-state index contributed by atoms with van der Waals surface area (Å²) in [6, 6.07) is 0. The monoisotopic (exact) mass is 210 g/mol. The van der Waals surface area contributed by atoms with Crippen LogP contribution in [0.4, 0.5) is 0 Å². The number of hydrogen-bond donors (Lipinski definition) is 2. The molecular formula is C13H22O2. The molecule has 86 valence electrons. The SMILES string of the molecule is CC1=C(O)C(O)CC(CCC(C)(C)C)=C1. The minimum atomic E-state index is -0.690. The van der Waals surface area contributed by atoms with Gasteiger partial charge in [0.25, 0.3) is 0 Å². The molecule has 1 rings (SSSR count). The van der Waals surface area contributed by atoms with Crippen molar-refractivity contribution in [3.63, 3.8) is 0 Å². The van der Waals surface area contributed by atoms with Crippen LogP contribution in [0, 0.1) is 5.41 Å². The average molecular weight is 210 g/mol. The Hall–Kier alpha value is -0.760. The first-order valence-corrected chi connectivity index (χ1v) is 5.57. The summed E-state index contributed by atoms with van der Waals surface area (Å²) < 4.78 is 0. The highest BCUT2D eigenvalue weighted by Crippen LogP contribution is 2.29. The van der Waals surface area contributed by atoms with Crippen LogP contribution in [-0.4, -0.2) is 16.3 Å². The van der Waals surface area contributed by atoms with E-state index in [9.17, 15) is 10.2 Å². The fourth-order valence-electron chi connectivity index (χ4n) is 1.76. The Morgan fingerprint density at radius 2 is 2.00 bits per heavy atom. The van der Waals surface area contributed by atoms with E-state index in [-0.39, 0.29) is 5.76 Å². The average Bonchev–Trinajstić information content (AvgIpc) is 2.09. The van der Waals surface area contributed by atoms with Gasteiger partial charge in [0.1, 0.15) is 11.9 Å². The van der Waals surface area contributed by atoms with Gasteiger partial charge in [-0.1, -0.05) is 32.4 Å². The molecule has 1 atom stereocenters. The number of rotatable bonds is 2. The summed E-state index contributed by atoms with van der Waals surface area (Å²) in [5.74, 6) is 0.134. The molecule has 0 aliphatic heterocycles. The zero-order chi connectivity index (χ0) is 11.6. The van der Waals surface area contributed by atoms with E-state index in [1.165, 1.54) is 5.57 Å². The molecule has 2 N–H and O–H groups in total. The van der Waals surface area contributed by atoms with Crippen molar-refractivity contribution >= 4 is 0 Å². The third-order valence-corrected chi connectivity index (χ3v) is 2.79. The van der Waals surface area contributed by atoms with Gasteiger partial charge in [-0.2, -0.15) is 0 Å². The quantitative estimate of drug-likeness (QED) is 0.734. The van der Waals surface area contributed by atoms with E-state index in [4.69, 9.17) is 0 Å². The van der Waals surface area contributed by atoms with Crippen molar-refractivity contribution in [1.82, 2.24) is 0 Å². The van der Waals surface area contributed by atoms with Crippen LogP contribution in [0.2, 0.25) is 0 Å². The van der Waals surface area contributed by atoms with Crippen LogP contribution < -0.4 is 0 Å². The number of aliphatic hydroxyl groups excluding tert-OH is 2. The predicted molar refractivity (Wildman–Crippen MR) is 62.7 cm³/mol. The zero-order valence-electron chi connectivity index (χ0n) is 10.2. The van der Waals surface area contributed by atoms with Crippen LogP contribution in [0.5, 0.6) is 0 Å². The Morgan fingerprint density at radius 3 is 2.47 bits per heavy atom. The largest absolute Gasteiger partial charge is 0.509 e. The Morgan fingerprint density at radius 1 is 1.40 bits per heavy atom. The minimum Gasteiger partial charge on any atom is -0.509 e. The van der Waals surface area contributed by atoms with Crippen LogP contribution in [0.25, 0.3) is 0 Å². The Bertz CT molecular complexity index is 292. The van der Waals surface area contributed by atoms with Crippen molar-refractivity contribution < 1.29 is 10.2 Å². The van der Waals surface area contributed by atoms with Crippen molar-refractivity contribution in [2.24, 2.45) is 5.41 Å². The topological polar surface area (TPSA) is 40.5 Å². The van der Waals surface area contributed by atoms with Crippen LogP contribution in [0.3, 0.4) is 0 Å². The summed E-state index contributed by atoms with van der Waals surface area (Å²) in [4.78, 5) is 0. The number of allylic oxidation sites excluding steroid dienone is 2. The molecular weight excluding hydrogens is 188 g/mol. The molecule has 0 saturated heterocycles. The van der Waals surface area contributed by atoms with Crippen molar-refractivity contribution in [2.45, 2.75) is 53.1 Å². The Kier molecular flexibility index (Phi) is 3.61. The maximum Gasteiger partial charge on any atom is 0.124 e. The summed E-state index contributed by atoms with van der Waals surface area (Å²) in [6.07, 6.45) is 4.02. The minimum absolute atomic E-state index is 0.134. The van der Waals surface area contributed by atoms with Gasteiger partial charge in [0.05, 0.1) is 0 Å². The molecule has 0 spiro atoms. The zero-order valence-corrected chi connectivity index (χ0v) is 10.2. The van der Waals surface area contributed by atoms with Crippen molar-refractivity contribution in [1.29, 1.82) is 0 Å². The van der Waals surface area contributed by atoms with Crippen LogP contribution in [0.1, 0.15) is 47.0 Å². The molecule has 2 nitrogen and oxygen atoms in total. The molecule has 0 radical (unpaired) electrons. The van der Waals surface area contributed by atoms with E-state index >= 15 is 0 Å². The summed E-state index contributed by atoms with van der Waals surface area (Å²) >= 11 is 0. The third-order valence-electron chi connectivity index (χ3n) is 2.79. The lowest BCUT2D eigenvalue weighted by Crippen LogP contribution is -2.17. The summed E-state index contributed by atoms with van der Waals surface area (Å²) in [6.45, 7) is 8.49. The van der Waals surface area contributed by atoms with Gasteiger partial charge >= 0.3 is 0 Å². The molecule has 0 aromatic carbocycles. The van der Waals surface area contributed by atoms with E-state index in [0.717, 1.165) is 18.4 Å². The van der Waals surface area contributed by atoms with Crippen molar-refractivity contribution in [3.8, 4) is 0 Å². The summed E-state index contributed by atoms with van der Waals surface area (Å²) in [5, 5.41) is 19.1. The van der Waals surface area contributed by atoms with Gasteiger partial charge < -0.3 is 10.2 Å². The smallest absolute Gasteiger partial charge is 0.124 e. The van der Waals surface area contributed by atoms with E-state index in [2.05, 4.69) is 20.8 Å². The highest BCUT2D eigenvalue weighted by atomic mass is 16.3. The van der Waals surface area contributed by atoms with Gasteiger partial charge in [-0.3, -0.25) is 0 Å². The van der Waals surface area contributed by atoms with Gasteiger partial charge in [0.2, 0.25) is 0 Å². The molecule has 1 aliphatic carbocycles. The first-order chi connectivity index (χ1) is 6.79. The van der Waals surface area contributed by atoms with Crippen molar-refractivity contribution in [3.05, 3.63) is 23.0 Å². The maximum absolute atomic E-state index is 9.60. The fraction of sp³-hybridized carbons (Fsp3) is 0.692. The highest BCUT2D eigenvalue weighted by molar-refractivity contribution is 5.31. The van der Waals surface area contributed by atoms with Gasteiger partial charge in [0, 0.05) is 6.42 Å². The van der Waals surface area contributed by atoms with Crippen molar-refractivity contribution in [2.75, 3.05) is 0 Å². The first kappa shape index (κ1) is 12.3. The maximum atomic E-state index is 9.60. The second-order valence-electron chi connectivity index (χ2n) is 5.65. The molecule has 0 aromatic heterocycles. The first-order valence-electron chi connectivity index (χ1n) is 5.57. The number of hydrogen-bond acceptors (Lipinski definition) is 2. The molecule has 1 unspecified atom stereocenters. The molecule has 0 bridgehead atoms. The molecule has 15 heavy (non-hydrogen) atoms. The fourth-order valence-corrected chi connectivity index (χ4v) is 1.76. The molecule has 0 saturated carbocycles. The van der Waals surface area contributed by atoms with Crippen LogP contribution in [0.15, 0.2) is 23.0 Å². The second kappa shape index (κ2) is 4.40. The Labute approximate surface area is 92.3 Å². The van der Waals surface area contributed by atoms with Crippen LogP contribution >= 0.6 is 0 Å². The van der Waals surface area contributed by atoms with E-state index in [1.807, 2.05) is 13.0 Å². The predicted octanol–water partition coefficient (Wildman–Crippen LogP) is 3.34. The molecule has 0 aromatic rings. The molecule has 0 heterocycles. The van der Waals surface area contributed by atoms with Gasteiger partial charge in [0.15, 0.2) is 0 Å². The lowest BCUT2D eigenvalue weighted by molar-refractivity contribution is 0.147. The summed E-state index contributed by atoms with van der Waals surface area (Å²) in [5.41, 5.74) is 2.37. The van der Waals surface area contributed by atoms with Gasteiger partial charge in [-0.25, -0.2) is 0 Å². The second-order valence-corrected chi connectivity index (χ2v) is 5.65. The lowest BCUT2D eigenvalue weighted by atomic mass is 9.85. The van der Waals surface area contributed by atoms with Crippen LogP contribution in [-0.2, 0) is 0 Å². The van der Waals surface area contributed by atoms with Gasteiger partial charge in [-0.15, -0.1) is 0 Å². The molecule has 1 aliphatic rings. The van der Waals surface area contributed by atoms with E-state index in [1.54, 1.807) is 0 Å². The molecule has 0 amide bonds. The number of aliphatic hydroxyl groups is 2. The van der Waals surface area contributed by atoms with E-state index in [0.29, 0.717) is 11.8 Å². The standard InChI is InChI=1S/C13H22O2/c1-9-7-10(5-6-13(2,3)4)8-11(14)12(9)15/h7,11,14-15H,5-6,8H2,1-4H3. The third kappa shape index (κ3) is 3.71. The normalized spacial score (nSPS) is 23.0. The van der Waals surface area contributed by atoms with E-state index < -0.39 is 6.10 Å². The molecule has 2 heteroatoms. The highest BCUT2D eigenvalue weighted by Gasteiger charge is 2.20. The van der Waals surface area contributed by atoms with Gasteiger partial charge in [-0.05, 0) is 30.8 Å². The lowest BCUT2D eigenvalue weighted by Gasteiger charge is -2.23. The Balaban J connectivity index is 2.62.